The van der Waals surface area contributed by atoms with Gasteiger partial charge in [0.15, 0.2) is 11.5 Å². The molecule has 1 aliphatic heterocycles. The molecular formula is C21H22F3NO3. The molecule has 2 aromatic rings. The minimum absolute atomic E-state index is 0.0769. The van der Waals surface area contributed by atoms with Gasteiger partial charge in [-0.3, -0.25) is 4.79 Å². The van der Waals surface area contributed by atoms with Crippen molar-refractivity contribution in [1.82, 2.24) is 5.32 Å². The molecule has 2 aromatic carbocycles. The van der Waals surface area contributed by atoms with Crippen LogP contribution < -0.4 is 14.8 Å². The number of carbonyl (C=O) groups excluding carboxylic acids is 1. The minimum atomic E-state index is -4.43. The van der Waals surface area contributed by atoms with Gasteiger partial charge in [-0.1, -0.05) is 38.1 Å². The molecule has 0 bridgehead atoms. The molecular weight excluding hydrogens is 371 g/mol. The fraction of sp³-hybridized carbons (Fsp3) is 0.381. The molecule has 0 unspecified atom stereocenters. The zero-order valence-corrected chi connectivity index (χ0v) is 15.7. The first-order valence-corrected chi connectivity index (χ1v) is 9.09. The highest BCUT2D eigenvalue weighted by molar-refractivity contribution is 5.79. The first-order valence-electron chi connectivity index (χ1n) is 9.09. The lowest BCUT2D eigenvalue weighted by Gasteiger charge is -2.25. The van der Waals surface area contributed by atoms with E-state index in [9.17, 15) is 18.0 Å². The topological polar surface area (TPSA) is 47.6 Å². The Morgan fingerprint density at radius 1 is 1.07 bits per heavy atom. The van der Waals surface area contributed by atoms with Crippen molar-refractivity contribution in [2.24, 2.45) is 5.92 Å². The number of carbonyl (C=O) groups is 1. The van der Waals surface area contributed by atoms with Crippen molar-refractivity contribution in [3.63, 3.8) is 0 Å². The Balaban J connectivity index is 1.73. The molecule has 4 nitrogen and oxygen atoms in total. The van der Waals surface area contributed by atoms with Crippen LogP contribution in [-0.4, -0.2) is 19.1 Å². The summed E-state index contributed by atoms with van der Waals surface area (Å²) in [7, 11) is 0. The Bertz CT molecular complexity index is 849. The van der Waals surface area contributed by atoms with Gasteiger partial charge in [0.2, 0.25) is 5.91 Å². The van der Waals surface area contributed by atoms with Gasteiger partial charge in [-0.05, 0) is 35.2 Å². The number of ether oxygens (including phenoxy) is 2. The number of hydrogen-bond acceptors (Lipinski definition) is 3. The van der Waals surface area contributed by atoms with Gasteiger partial charge in [0, 0.05) is 0 Å². The smallest absolute Gasteiger partial charge is 0.416 e. The van der Waals surface area contributed by atoms with Gasteiger partial charge in [-0.2, -0.15) is 13.2 Å². The molecule has 0 aliphatic carbocycles. The lowest BCUT2D eigenvalue weighted by Crippen LogP contribution is -2.33. The predicted octanol–water partition coefficient (Wildman–Crippen LogP) is 4.53. The van der Waals surface area contributed by atoms with Crippen molar-refractivity contribution >= 4 is 5.91 Å². The van der Waals surface area contributed by atoms with E-state index in [2.05, 4.69) is 5.32 Å². The van der Waals surface area contributed by atoms with Crippen molar-refractivity contribution in [2.75, 3.05) is 13.2 Å². The van der Waals surface area contributed by atoms with Gasteiger partial charge in [-0.25, -0.2) is 0 Å². The quantitative estimate of drug-likeness (QED) is 0.812. The van der Waals surface area contributed by atoms with E-state index >= 15 is 0 Å². The molecule has 7 heteroatoms. The highest BCUT2D eigenvalue weighted by Gasteiger charge is 2.30. The van der Waals surface area contributed by atoms with E-state index in [0.29, 0.717) is 30.3 Å². The highest BCUT2D eigenvalue weighted by Crippen LogP contribution is 2.34. The van der Waals surface area contributed by atoms with Crippen LogP contribution in [0.15, 0.2) is 42.5 Å². The summed E-state index contributed by atoms with van der Waals surface area (Å²) in [6, 6.07) is 10.0. The molecule has 0 aromatic heterocycles. The third-order valence-corrected chi connectivity index (χ3v) is 4.53. The SMILES string of the molecule is CC(C)[C@@H](NC(=O)Cc1cccc(C(F)(F)F)c1)c1ccc2c(c1)OCCO2. The van der Waals surface area contributed by atoms with Crippen LogP contribution in [0.4, 0.5) is 13.2 Å². The molecule has 0 spiro atoms. The molecule has 1 aliphatic rings. The van der Waals surface area contributed by atoms with E-state index in [-0.39, 0.29) is 24.3 Å². The number of rotatable bonds is 5. The number of hydrogen-bond donors (Lipinski definition) is 1. The van der Waals surface area contributed by atoms with E-state index < -0.39 is 11.7 Å². The number of nitrogens with one attached hydrogen (secondary N) is 1. The molecule has 1 N–H and O–H groups in total. The van der Waals surface area contributed by atoms with Crippen molar-refractivity contribution in [3.8, 4) is 11.5 Å². The van der Waals surface area contributed by atoms with Gasteiger partial charge in [-0.15, -0.1) is 0 Å². The van der Waals surface area contributed by atoms with Crippen LogP contribution in [0.3, 0.4) is 0 Å². The van der Waals surface area contributed by atoms with Crippen LogP contribution in [0.5, 0.6) is 11.5 Å². The Morgan fingerprint density at radius 3 is 2.46 bits per heavy atom. The minimum Gasteiger partial charge on any atom is -0.486 e. The third-order valence-electron chi connectivity index (χ3n) is 4.53. The second-order valence-electron chi connectivity index (χ2n) is 7.07. The zero-order valence-electron chi connectivity index (χ0n) is 15.7. The summed E-state index contributed by atoms with van der Waals surface area (Å²) in [5, 5.41) is 2.93. The fourth-order valence-electron chi connectivity index (χ4n) is 3.16. The maximum absolute atomic E-state index is 12.9. The van der Waals surface area contributed by atoms with Crippen molar-refractivity contribution in [3.05, 3.63) is 59.2 Å². The summed E-state index contributed by atoms with van der Waals surface area (Å²) in [5.41, 5.74) is 0.415. The summed E-state index contributed by atoms with van der Waals surface area (Å²) in [5.74, 6) is 1.02. The van der Waals surface area contributed by atoms with E-state index in [4.69, 9.17) is 9.47 Å². The summed E-state index contributed by atoms with van der Waals surface area (Å²) in [6.07, 6.45) is -4.56. The molecule has 28 heavy (non-hydrogen) atoms. The molecule has 0 saturated carbocycles. The molecule has 3 rings (SSSR count). The number of amides is 1. The van der Waals surface area contributed by atoms with Gasteiger partial charge in [0.05, 0.1) is 18.0 Å². The van der Waals surface area contributed by atoms with Crippen LogP contribution in [0.1, 0.15) is 36.6 Å². The largest absolute Gasteiger partial charge is 0.486 e. The number of benzene rings is 2. The van der Waals surface area contributed by atoms with Crippen molar-refractivity contribution in [2.45, 2.75) is 32.5 Å². The first kappa shape index (κ1) is 20.0. The average Bonchev–Trinajstić information content (AvgIpc) is 2.65. The number of fused-ring (bicyclic) bond motifs is 1. The summed E-state index contributed by atoms with van der Waals surface area (Å²) in [6.45, 7) is 4.89. The van der Waals surface area contributed by atoms with Crippen molar-refractivity contribution in [1.29, 1.82) is 0 Å². The molecule has 1 amide bonds. The van der Waals surface area contributed by atoms with Crippen LogP contribution in [0.2, 0.25) is 0 Å². The lowest BCUT2D eigenvalue weighted by molar-refractivity contribution is -0.137. The summed E-state index contributed by atoms with van der Waals surface area (Å²) >= 11 is 0. The van der Waals surface area contributed by atoms with E-state index in [0.717, 1.165) is 17.7 Å². The highest BCUT2D eigenvalue weighted by atomic mass is 19.4. The molecule has 0 fully saturated rings. The summed E-state index contributed by atoms with van der Waals surface area (Å²) < 4.78 is 49.7. The van der Waals surface area contributed by atoms with Crippen LogP contribution >= 0.6 is 0 Å². The number of halogens is 3. The third kappa shape index (κ3) is 4.77. The second-order valence-corrected chi connectivity index (χ2v) is 7.07. The standard InChI is InChI=1S/C21H22F3NO3/c1-13(2)20(15-6-7-17-18(12-15)28-9-8-27-17)25-19(26)11-14-4-3-5-16(10-14)21(22,23)24/h3-7,10,12-13,20H,8-9,11H2,1-2H3,(H,25,26)/t20-/m1/s1. The maximum atomic E-state index is 12.9. The molecule has 1 heterocycles. The Kier molecular flexibility index (Phi) is 5.82. The normalized spacial score (nSPS) is 14.6. The predicted molar refractivity (Wildman–Crippen MR) is 98.3 cm³/mol. The van der Waals surface area contributed by atoms with Gasteiger partial charge in [0.1, 0.15) is 13.2 Å². The van der Waals surface area contributed by atoms with Gasteiger partial charge in [0.25, 0.3) is 0 Å². The monoisotopic (exact) mass is 393 g/mol. The Labute approximate surface area is 161 Å². The van der Waals surface area contributed by atoms with Gasteiger partial charge < -0.3 is 14.8 Å². The fourth-order valence-corrected chi connectivity index (χ4v) is 3.16. The van der Waals surface area contributed by atoms with Crippen molar-refractivity contribution < 1.29 is 27.4 Å². The summed E-state index contributed by atoms with van der Waals surface area (Å²) in [4.78, 5) is 12.5. The maximum Gasteiger partial charge on any atom is 0.416 e. The van der Waals surface area contributed by atoms with Crippen LogP contribution in [0.25, 0.3) is 0 Å². The zero-order chi connectivity index (χ0) is 20.3. The van der Waals surface area contributed by atoms with E-state index in [1.807, 2.05) is 26.0 Å². The molecule has 0 saturated heterocycles. The first-order chi connectivity index (χ1) is 13.2. The van der Waals surface area contributed by atoms with Gasteiger partial charge >= 0.3 is 6.18 Å². The molecule has 1 atom stereocenters. The van der Waals surface area contributed by atoms with E-state index in [1.54, 1.807) is 6.07 Å². The van der Waals surface area contributed by atoms with Crippen LogP contribution in [0, 0.1) is 5.92 Å². The second kappa shape index (κ2) is 8.12. The molecule has 150 valence electrons. The average molecular weight is 393 g/mol. The Morgan fingerprint density at radius 2 is 1.79 bits per heavy atom. The lowest BCUT2D eigenvalue weighted by atomic mass is 9.95. The molecule has 0 radical (unpaired) electrons. The van der Waals surface area contributed by atoms with E-state index in [1.165, 1.54) is 12.1 Å². The van der Waals surface area contributed by atoms with Crippen LogP contribution in [-0.2, 0) is 17.4 Å². The Hall–Kier alpha value is -2.70. The number of alkyl halides is 3.